The molecule has 0 saturated heterocycles. The highest BCUT2D eigenvalue weighted by molar-refractivity contribution is 6.54. The number of benzene rings is 35. The van der Waals surface area contributed by atoms with Crippen LogP contribution in [0.1, 0.15) is 0 Å². The van der Waals surface area contributed by atoms with Crippen molar-refractivity contribution < 1.29 is 0 Å². The molecule has 0 aromatic heterocycles. The van der Waals surface area contributed by atoms with Gasteiger partial charge in [-0.25, -0.2) is 0 Å². The van der Waals surface area contributed by atoms with E-state index in [1.54, 1.807) is 0 Å². The molecule has 0 aliphatic carbocycles. The number of hydrogen-bond acceptors (Lipinski definition) is 0. The Kier molecular flexibility index (Phi) is 15.8. The summed E-state index contributed by atoms with van der Waals surface area (Å²) in [6.07, 6.45) is 0. The van der Waals surface area contributed by atoms with Gasteiger partial charge in [0.25, 0.3) is 0 Å². The van der Waals surface area contributed by atoms with Crippen molar-refractivity contribution in [3.05, 3.63) is 473 Å². The summed E-state index contributed by atoms with van der Waals surface area (Å²) in [6.45, 7) is 0. The Hall–Kier alpha value is -17.9. The van der Waals surface area contributed by atoms with Crippen LogP contribution in [-0.4, -0.2) is 0 Å². The lowest BCUT2D eigenvalue weighted by Crippen LogP contribution is -1.95. The Morgan fingerprint density at radius 3 is 0.297 bits per heavy atom. The standard InChI is InChI=1S/C36H18.C30H16.C30H18.C24H14.C18H12/c1-3-10-21-19(8-1)23-12-5-14-25-27-16-7-17-28-26-15-6-13-24-20-9-2-4-11-22(20)30-18-29(21)34(31(23)25)36(33(27)28)35(30)32(24)26;1-3-9-19-17(7-1)21-11-5-13-23-24-14-6-12-22-18-8-2-4-10-20(18)26-16-15-25(19)29(27(21)23)30(26)28(22)24;1-5-13-23-19(9-1)20-10-2-6-14-24(20)28-18-30-26-16-8-4-12-22(26)21-11-3-7-15-25(21)29(30)17-27(23)28;1-2-8-16-15(7-1)19-11-5-13-21-17-9-3-4-10-18(17)22-14-6-12-20(16)24(22)23(19)21;1-2-8-14-13(7-1)15-9-3-4-11-17(15)18-12-6-5-10-16(14)18/h1-18H;1-16H;1-18H;1-14H;1-12H. The minimum absolute atomic E-state index is 1.32. The lowest BCUT2D eigenvalue weighted by atomic mass is 9.78. The topological polar surface area (TPSA) is 0 Å². The zero-order valence-electron chi connectivity index (χ0n) is 75.0. The zero-order valence-corrected chi connectivity index (χ0v) is 75.0. The predicted octanol–water partition coefficient (Wildman–Crippen LogP) is 39.7. The van der Waals surface area contributed by atoms with Gasteiger partial charge in [-0.1, -0.05) is 455 Å². The molecule has 0 fully saturated rings. The van der Waals surface area contributed by atoms with Gasteiger partial charge >= 0.3 is 0 Å². The fourth-order valence-corrected chi connectivity index (χ4v) is 26.2. The molecule has 35 aromatic rings. The van der Waals surface area contributed by atoms with Gasteiger partial charge in [0.05, 0.1) is 0 Å². The normalized spacial score (nSPS) is 12.3. The molecule has 0 N–H and O–H groups in total. The molecule has 0 spiro atoms. The van der Waals surface area contributed by atoms with Crippen molar-refractivity contribution in [2.24, 2.45) is 0 Å². The molecule has 0 heteroatoms. The summed E-state index contributed by atoms with van der Waals surface area (Å²) in [5.74, 6) is 0. The Bertz CT molecular complexity index is 10400. The summed E-state index contributed by atoms with van der Waals surface area (Å²) >= 11 is 0. The van der Waals surface area contributed by atoms with Gasteiger partial charge in [0.2, 0.25) is 0 Å². The van der Waals surface area contributed by atoms with E-state index in [-0.39, 0.29) is 0 Å². The molecule has 0 atom stereocenters. The molecule has 35 rings (SSSR count). The molecule has 0 aliphatic rings. The smallest absolute Gasteiger partial charge is 0.0000929 e. The summed E-state index contributed by atoms with van der Waals surface area (Å²) in [4.78, 5) is 0. The lowest BCUT2D eigenvalue weighted by Gasteiger charge is -2.24. The van der Waals surface area contributed by atoms with Crippen LogP contribution in [-0.2, 0) is 0 Å². The highest BCUT2D eigenvalue weighted by atomic mass is 14.3. The highest BCUT2D eigenvalue weighted by Crippen LogP contribution is 2.57. The minimum Gasteiger partial charge on any atom is -0.0616 e. The molecule has 0 bridgehead atoms. The zero-order chi connectivity index (χ0) is 89.8. The molecular weight excluding hydrogens is 1660 g/mol. The van der Waals surface area contributed by atoms with Crippen LogP contribution in [0.3, 0.4) is 0 Å². The third-order valence-electron chi connectivity index (χ3n) is 31.7. The van der Waals surface area contributed by atoms with Crippen molar-refractivity contribution in [1.82, 2.24) is 0 Å². The second-order valence-electron chi connectivity index (χ2n) is 38.1. The molecule has 0 amide bonds. The summed E-state index contributed by atoms with van der Waals surface area (Å²) < 4.78 is 0. The molecule has 0 heterocycles. The SMILES string of the molecule is c1ccc2c(c1)c1cccc3c4cccc5c6cccc7c8ccccc8c8cc2c(c13)c(c45)c8c76.c1ccc2c(c1)c1cccc3c4cccc5c6ccccc6c6ccc2c(c13)c6c54.c1ccc2c(c1)c1cccc3c4ccccc4c4cccc2c4c13.c1ccc2c(c1)c1ccccc1c1cc3c4ccccc4c4ccccc4c3cc21.c1ccc2c(c1)c1ccccc1c1ccccc21. The Morgan fingerprint density at radius 2 is 0.138 bits per heavy atom. The van der Waals surface area contributed by atoms with Crippen molar-refractivity contribution in [2.75, 3.05) is 0 Å². The van der Waals surface area contributed by atoms with E-state index in [0.717, 1.165) is 0 Å². The molecule has 0 saturated carbocycles. The Labute approximate surface area is 790 Å². The molecule has 0 radical (unpaired) electrons. The summed E-state index contributed by atoms with van der Waals surface area (Å²) in [5, 5.41) is 81.6. The maximum atomic E-state index is 2.50. The van der Waals surface area contributed by atoms with E-state index in [1.807, 2.05) is 0 Å². The quantitative estimate of drug-likeness (QED) is 0.105. The van der Waals surface area contributed by atoms with E-state index in [4.69, 9.17) is 0 Å². The molecule has 0 nitrogen and oxygen atoms in total. The molecule has 138 heavy (non-hydrogen) atoms. The van der Waals surface area contributed by atoms with Crippen LogP contribution >= 0.6 is 0 Å². The van der Waals surface area contributed by atoms with Crippen molar-refractivity contribution in [2.45, 2.75) is 0 Å². The fourth-order valence-electron chi connectivity index (χ4n) is 26.2. The Morgan fingerprint density at radius 1 is 0.0507 bits per heavy atom. The summed E-state index contributed by atoms with van der Waals surface area (Å²) in [7, 11) is 0. The van der Waals surface area contributed by atoms with Crippen molar-refractivity contribution in [1.29, 1.82) is 0 Å². The monoisotopic (exact) mass is 1730 g/mol. The molecular formula is C138H78. The third-order valence-corrected chi connectivity index (χ3v) is 31.7. The maximum Gasteiger partial charge on any atom is -0.0000929 e. The molecule has 0 unspecified atom stereocenters. The van der Waals surface area contributed by atoms with Gasteiger partial charge in [-0.15, -0.1) is 0 Å². The van der Waals surface area contributed by atoms with E-state index in [1.165, 1.54) is 323 Å². The van der Waals surface area contributed by atoms with Crippen LogP contribution < -0.4 is 0 Å². The predicted molar refractivity (Wildman–Crippen MR) is 605 cm³/mol. The van der Waals surface area contributed by atoms with Crippen LogP contribution in [0.2, 0.25) is 0 Å². The van der Waals surface area contributed by atoms with E-state index in [9.17, 15) is 0 Å². The summed E-state index contributed by atoms with van der Waals surface area (Å²) in [6, 6.07) is 174. The summed E-state index contributed by atoms with van der Waals surface area (Å²) in [5.41, 5.74) is 0. The van der Waals surface area contributed by atoms with Gasteiger partial charge in [0.1, 0.15) is 0 Å². The number of rotatable bonds is 0. The lowest BCUT2D eigenvalue weighted by molar-refractivity contribution is 1.77. The maximum absolute atomic E-state index is 2.50. The van der Waals surface area contributed by atoms with Crippen molar-refractivity contribution in [3.8, 4) is 0 Å². The van der Waals surface area contributed by atoms with E-state index < -0.39 is 0 Å². The van der Waals surface area contributed by atoms with Gasteiger partial charge in [0.15, 0.2) is 0 Å². The Balaban J connectivity index is 0.0000000812. The van der Waals surface area contributed by atoms with Gasteiger partial charge in [-0.3, -0.25) is 0 Å². The van der Waals surface area contributed by atoms with Crippen LogP contribution in [0, 0.1) is 0 Å². The van der Waals surface area contributed by atoms with Crippen LogP contribution in [0.15, 0.2) is 473 Å². The minimum atomic E-state index is 1.32. The van der Waals surface area contributed by atoms with Gasteiger partial charge in [-0.2, -0.15) is 0 Å². The average Bonchev–Trinajstić information content (AvgIpc) is 0.681. The first-order valence-electron chi connectivity index (χ1n) is 48.4. The third kappa shape index (κ3) is 10.3. The van der Waals surface area contributed by atoms with Gasteiger partial charge < -0.3 is 0 Å². The van der Waals surface area contributed by atoms with Crippen LogP contribution in [0.4, 0.5) is 0 Å². The molecule has 0 aliphatic heterocycles. The van der Waals surface area contributed by atoms with Crippen LogP contribution in [0.25, 0.3) is 323 Å². The highest BCUT2D eigenvalue weighted by Gasteiger charge is 2.28. The van der Waals surface area contributed by atoms with Crippen molar-refractivity contribution in [3.63, 3.8) is 0 Å². The van der Waals surface area contributed by atoms with E-state index in [2.05, 4.69) is 473 Å². The first kappa shape index (κ1) is 75.6. The largest absolute Gasteiger partial charge is 0.0616 e. The van der Waals surface area contributed by atoms with E-state index in [0.29, 0.717) is 0 Å². The van der Waals surface area contributed by atoms with E-state index >= 15 is 0 Å². The molecule has 630 valence electrons. The second-order valence-corrected chi connectivity index (χ2v) is 38.1. The van der Waals surface area contributed by atoms with Gasteiger partial charge in [-0.05, 0) is 341 Å². The first-order chi connectivity index (χ1) is 68.6. The van der Waals surface area contributed by atoms with Crippen LogP contribution in [0.5, 0.6) is 0 Å². The average molecular weight is 1740 g/mol. The van der Waals surface area contributed by atoms with Gasteiger partial charge in [0, 0.05) is 0 Å². The fraction of sp³-hybridized carbons (Fsp3) is 0. The molecule has 35 aromatic carbocycles. The first-order valence-corrected chi connectivity index (χ1v) is 48.4. The number of fused-ring (bicyclic) bond motifs is 39. The van der Waals surface area contributed by atoms with Crippen molar-refractivity contribution >= 4 is 323 Å². The number of hydrogen-bond donors (Lipinski definition) is 0. The second kappa shape index (κ2) is 28.8.